The molecule has 0 aromatic carbocycles. The van der Waals surface area contributed by atoms with Gasteiger partial charge in [0, 0.05) is 24.5 Å². The van der Waals surface area contributed by atoms with Crippen LogP contribution in [0, 0.1) is 33.5 Å². The maximum atomic E-state index is 15.3. The molecule has 4 N–H and O–H groups in total. The molecule has 0 aromatic rings. The molecule has 2 aliphatic heterocycles. The number of nitrogens with one attached hydrogen (secondary N) is 4. The molecule has 0 bridgehead atoms. The molecule has 0 aromatic heterocycles. The molecule has 59 heavy (non-hydrogen) atoms. The van der Waals surface area contributed by atoms with E-state index in [0.29, 0.717) is 19.4 Å². The van der Waals surface area contributed by atoms with Gasteiger partial charge >= 0.3 is 10.2 Å². The van der Waals surface area contributed by atoms with Crippen molar-refractivity contribution in [3.8, 4) is 0 Å². The summed E-state index contributed by atoms with van der Waals surface area (Å²) in [5, 5.41) is 9.33. The Bertz CT molecular complexity index is 1780. The van der Waals surface area contributed by atoms with Crippen molar-refractivity contribution in [3.63, 3.8) is 0 Å². The second-order valence-electron chi connectivity index (χ2n) is 21.7. The Labute approximate surface area is 354 Å². The number of likely N-dealkylation sites (tertiary alicyclic amines) is 2. The van der Waals surface area contributed by atoms with E-state index in [2.05, 4.69) is 39.4 Å². The molecule has 334 valence electrons. The van der Waals surface area contributed by atoms with Crippen LogP contribution in [0.1, 0.15) is 153 Å². The van der Waals surface area contributed by atoms with E-state index in [1.165, 1.54) is 7.05 Å². The molecule has 2 spiro atoms. The highest BCUT2D eigenvalue weighted by Crippen LogP contribution is 2.88. The van der Waals surface area contributed by atoms with Crippen molar-refractivity contribution in [2.45, 2.75) is 188 Å². The monoisotopic (exact) mass is 846 g/mol. The minimum absolute atomic E-state index is 0.0107. The second kappa shape index (κ2) is 15.8. The molecule has 2 heterocycles. The molecule has 5 amide bonds. The highest BCUT2D eigenvalue weighted by Gasteiger charge is 2.85. The topological polar surface area (TPSA) is 177 Å². The van der Waals surface area contributed by atoms with Gasteiger partial charge in [0.2, 0.25) is 23.6 Å². The third-order valence-corrected chi connectivity index (χ3v) is 18.2. The quantitative estimate of drug-likeness (QED) is 0.213. The molecule has 14 nitrogen and oxygen atoms in total. The number of nitrogens with zero attached hydrogens (tertiary/aromatic N) is 3. The predicted octanol–water partition coefficient (Wildman–Crippen LogP) is 4.24. The number of hydrogen-bond acceptors (Lipinski definition) is 8. The largest absolute Gasteiger partial charge is 0.343 e. The summed E-state index contributed by atoms with van der Waals surface area (Å²) in [6.45, 7) is 21.3. The predicted molar refractivity (Wildman–Crippen MR) is 227 cm³/mol. The van der Waals surface area contributed by atoms with E-state index in [9.17, 15) is 27.6 Å². The Morgan fingerprint density at radius 2 is 1.46 bits per heavy atom. The molecule has 7 atom stereocenters. The van der Waals surface area contributed by atoms with Crippen LogP contribution in [0.4, 0.5) is 0 Å². The summed E-state index contributed by atoms with van der Waals surface area (Å²) < 4.78 is 30.0. The van der Waals surface area contributed by atoms with Crippen LogP contribution in [-0.2, 0) is 34.2 Å². The fourth-order valence-electron chi connectivity index (χ4n) is 12.0. The molecule has 0 unspecified atom stereocenters. The van der Waals surface area contributed by atoms with E-state index in [4.69, 9.17) is 0 Å². The van der Waals surface area contributed by atoms with Crippen LogP contribution < -0.4 is 20.7 Å². The summed E-state index contributed by atoms with van der Waals surface area (Å²) in [7, 11) is -2.82. The lowest BCUT2D eigenvalue weighted by molar-refractivity contribution is -0.145. The fourth-order valence-corrected chi connectivity index (χ4v) is 13.3. The van der Waals surface area contributed by atoms with Crippen LogP contribution in [0.2, 0.25) is 0 Å². The first kappa shape index (κ1) is 45.7. The zero-order valence-corrected chi connectivity index (χ0v) is 38.7. The fraction of sp³-hybridized carbons (Fsp3) is 0.886. The van der Waals surface area contributed by atoms with Gasteiger partial charge < -0.3 is 20.9 Å². The minimum Gasteiger partial charge on any atom is -0.343 e. The lowest BCUT2D eigenvalue weighted by Crippen LogP contribution is -2.63. The lowest BCUT2D eigenvalue weighted by Gasteiger charge is -2.38. The Balaban J connectivity index is 1.28. The SMILES string of the molecule is CC[C@@H]1C[C@]1(NC(=O)[C@@H]1C[C@@]2(CN1C(=O)[C@@H](NC(=O)[C@@H](NC(=O)[C@@H]1CCCN1CC)C1CCCCC1)C(C)(C)C)C(C)(C)C21CCC1)C(=O)NS(=O)(=O)N(C)C(C)(C)C. The number of fused-ring (bicyclic) bond motifs is 1. The average Bonchev–Trinajstić information content (AvgIpc) is 3.66. The van der Waals surface area contributed by atoms with Crippen molar-refractivity contribution in [2.24, 2.45) is 33.5 Å². The summed E-state index contributed by atoms with van der Waals surface area (Å²) >= 11 is 0. The Morgan fingerprint density at radius 1 is 0.814 bits per heavy atom. The van der Waals surface area contributed by atoms with Crippen molar-refractivity contribution in [2.75, 3.05) is 26.7 Å². The first-order valence-corrected chi connectivity index (χ1v) is 24.1. The molecule has 0 radical (unpaired) electrons. The van der Waals surface area contributed by atoms with Crippen molar-refractivity contribution in [1.82, 2.24) is 34.8 Å². The molecule has 15 heteroatoms. The number of likely N-dealkylation sites (N-methyl/N-ethyl adjacent to an activating group) is 1. The van der Waals surface area contributed by atoms with Crippen LogP contribution in [0.5, 0.6) is 0 Å². The Kier molecular flexibility index (Phi) is 12.3. The molecular weight excluding hydrogens is 771 g/mol. The number of carbonyl (C=O) groups excluding carboxylic acids is 5. The second-order valence-corrected chi connectivity index (χ2v) is 23.4. The van der Waals surface area contributed by atoms with Gasteiger partial charge in [-0.2, -0.15) is 12.7 Å². The molecule has 4 saturated carbocycles. The van der Waals surface area contributed by atoms with Crippen LogP contribution in [0.25, 0.3) is 0 Å². The molecule has 6 aliphatic rings. The van der Waals surface area contributed by atoms with E-state index >= 15 is 4.79 Å². The van der Waals surface area contributed by atoms with Crippen molar-refractivity contribution < 1.29 is 32.4 Å². The highest BCUT2D eigenvalue weighted by molar-refractivity contribution is 7.87. The molecule has 2 saturated heterocycles. The summed E-state index contributed by atoms with van der Waals surface area (Å²) in [6.07, 6.45) is 10.7. The third kappa shape index (κ3) is 7.84. The lowest BCUT2D eigenvalue weighted by atomic mass is 9.73. The first-order chi connectivity index (χ1) is 27.3. The van der Waals surface area contributed by atoms with Gasteiger partial charge in [-0.25, -0.2) is 4.72 Å². The number of amides is 5. The van der Waals surface area contributed by atoms with Gasteiger partial charge in [-0.05, 0) is 113 Å². The zero-order chi connectivity index (χ0) is 43.7. The molecular formula is C44H75N7O7S. The van der Waals surface area contributed by atoms with Gasteiger partial charge in [-0.1, -0.05) is 80.6 Å². The Hall–Kier alpha value is -2.78. The van der Waals surface area contributed by atoms with Crippen molar-refractivity contribution in [1.29, 1.82) is 0 Å². The molecule has 6 rings (SSSR count). The number of hydrogen-bond donors (Lipinski definition) is 4. The van der Waals surface area contributed by atoms with Gasteiger partial charge in [0.1, 0.15) is 23.7 Å². The van der Waals surface area contributed by atoms with E-state index in [0.717, 1.165) is 81.6 Å². The smallest absolute Gasteiger partial charge is 0.304 e. The van der Waals surface area contributed by atoms with E-state index in [1.807, 2.05) is 34.6 Å². The third-order valence-electron chi connectivity index (χ3n) is 16.4. The number of rotatable bonds is 13. The normalized spacial score (nSPS) is 31.4. The summed E-state index contributed by atoms with van der Waals surface area (Å²) in [5.41, 5.74) is -3.47. The highest BCUT2D eigenvalue weighted by atomic mass is 32.2. The molecule has 6 fully saturated rings. The maximum Gasteiger partial charge on any atom is 0.304 e. The van der Waals surface area contributed by atoms with Crippen LogP contribution >= 0.6 is 0 Å². The van der Waals surface area contributed by atoms with Crippen LogP contribution in [0.3, 0.4) is 0 Å². The number of carbonyl (C=O) groups is 5. The van der Waals surface area contributed by atoms with Gasteiger partial charge in [0.15, 0.2) is 0 Å². The van der Waals surface area contributed by atoms with Crippen molar-refractivity contribution >= 4 is 39.7 Å². The minimum atomic E-state index is -4.23. The summed E-state index contributed by atoms with van der Waals surface area (Å²) in [4.78, 5) is 76.3. The zero-order valence-electron chi connectivity index (χ0n) is 37.9. The van der Waals surface area contributed by atoms with Crippen molar-refractivity contribution in [3.05, 3.63) is 0 Å². The summed E-state index contributed by atoms with van der Waals surface area (Å²) in [5.74, 6) is -2.48. The van der Waals surface area contributed by atoms with Gasteiger partial charge in [-0.3, -0.25) is 28.9 Å². The van der Waals surface area contributed by atoms with Crippen LogP contribution in [0.15, 0.2) is 0 Å². The van der Waals surface area contributed by atoms with E-state index in [1.54, 1.807) is 25.7 Å². The first-order valence-electron chi connectivity index (χ1n) is 22.6. The van der Waals surface area contributed by atoms with Gasteiger partial charge in [0.25, 0.3) is 5.91 Å². The van der Waals surface area contributed by atoms with E-state index < -0.39 is 56.6 Å². The Morgan fingerprint density at radius 3 is 1.97 bits per heavy atom. The maximum absolute atomic E-state index is 15.3. The van der Waals surface area contributed by atoms with Gasteiger partial charge in [0.05, 0.1) is 6.04 Å². The summed E-state index contributed by atoms with van der Waals surface area (Å²) in [6, 6.07) is -3.03. The van der Waals surface area contributed by atoms with Crippen LogP contribution in [-0.4, -0.2) is 114 Å². The molecule has 4 aliphatic carbocycles. The van der Waals surface area contributed by atoms with E-state index in [-0.39, 0.29) is 58.3 Å². The average molecular weight is 846 g/mol. The van der Waals surface area contributed by atoms with Gasteiger partial charge in [-0.15, -0.1) is 0 Å². The standard InChI is InChI=1S/C44H75N7O7S/c1-12-29-25-44(29,38(56)48-59(57,58)49(11)40(6,7)8)47-35(53)31-26-43(41(9,10)42(43)22-18-23-42)27-51(31)37(55)33(39(3,4)5)46-36(54)32(28-19-15-14-16-20-28)45-34(52)30-21-17-24-50(30)13-2/h28-33H,12-27H2,1-11H3,(H,45,52)(H,46,54)(H,47,53)(H,48,56)/t29-,30+,31+,32+,33-,43-,44-/m1/s1.